The summed E-state index contributed by atoms with van der Waals surface area (Å²) >= 11 is 0. The van der Waals surface area contributed by atoms with Gasteiger partial charge in [-0.05, 0) is 20.8 Å². The van der Waals surface area contributed by atoms with Crippen LogP contribution in [-0.2, 0) is 4.74 Å². The first-order chi connectivity index (χ1) is 20.1. The number of quaternary nitrogens is 1. The summed E-state index contributed by atoms with van der Waals surface area (Å²) in [5, 5.41) is 0. The number of hydrogen-bond donors (Lipinski definition) is 0. The van der Waals surface area contributed by atoms with Crippen molar-refractivity contribution >= 4 is 0 Å². The van der Waals surface area contributed by atoms with Gasteiger partial charge in [-0.15, -0.1) is 0 Å². The van der Waals surface area contributed by atoms with Crippen molar-refractivity contribution in [3.05, 3.63) is 35.9 Å². The molecular formula is C23H21F21NO+. The molecule has 1 rings (SSSR count). The topological polar surface area (TPSA) is 9.23 Å². The fourth-order valence-corrected chi connectivity index (χ4v) is 4.04. The minimum atomic E-state index is -9.22. The van der Waals surface area contributed by atoms with Gasteiger partial charge < -0.3 is 0 Å². The lowest BCUT2D eigenvalue weighted by Crippen LogP contribution is -2.77. The largest absolute Gasteiger partial charge is 0.460 e. The fourth-order valence-electron chi connectivity index (χ4n) is 4.04. The van der Waals surface area contributed by atoms with Crippen LogP contribution in [0.4, 0.5) is 92.2 Å². The number of hydrogen-bond acceptors (Lipinski definition) is 1. The first kappa shape index (κ1) is 41.7. The van der Waals surface area contributed by atoms with E-state index in [0.717, 1.165) is 24.3 Å². The van der Waals surface area contributed by atoms with Crippen molar-refractivity contribution < 1.29 is 101 Å². The standard InChI is InChI=1S/C23H21F21NO/c1-4-45(5-2,6-3)13(12-10-8-7-9-11-12)46-23(43,44)21(38,39)19(34,35)17(30,31)15(26,27)14(24,25)16(28,29)18(32,33)20(36,37)22(40,41)42/h7-11,13H,4-6H2,1-3H3/q+1. The van der Waals surface area contributed by atoms with Crippen LogP contribution >= 0.6 is 0 Å². The summed E-state index contributed by atoms with van der Waals surface area (Å²) in [7, 11) is 0. The van der Waals surface area contributed by atoms with Crippen molar-refractivity contribution in [3.63, 3.8) is 0 Å². The van der Waals surface area contributed by atoms with Gasteiger partial charge >= 0.3 is 59.7 Å². The zero-order valence-corrected chi connectivity index (χ0v) is 22.9. The monoisotopic (exact) mass is 726 g/mol. The van der Waals surface area contributed by atoms with Crippen molar-refractivity contribution in [1.29, 1.82) is 0 Å². The second kappa shape index (κ2) is 12.0. The lowest BCUT2D eigenvalue weighted by Gasteiger charge is -2.46. The molecule has 0 bridgehead atoms. The molecule has 0 aliphatic carbocycles. The molecule has 0 amide bonds. The fraction of sp³-hybridized carbons (Fsp3) is 0.739. The summed E-state index contributed by atoms with van der Waals surface area (Å²) < 4.78 is 291. The van der Waals surface area contributed by atoms with Crippen molar-refractivity contribution in [2.75, 3.05) is 19.6 Å². The molecule has 0 spiro atoms. The number of benzene rings is 1. The Morgan fingerprint density at radius 3 is 1.02 bits per heavy atom. The molecule has 23 heteroatoms. The molecule has 0 aliphatic rings. The molecule has 270 valence electrons. The molecule has 2 nitrogen and oxygen atoms in total. The Kier molecular flexibility index (Phi) is 10.9. The molecule has 46 heavy (non-hydrogen) atoms. The summed E-state index contributed by atoms with van der Waals surface area (Å²) in [6, 6.07) is 4.93. The maximum absolute atomic E-state index is 14.8. The van der Waals surface area contributed by atoms with Crippen LogP contribution in [0, 0.1) is 0 Å². The second-order valence-electron chi connectivity index (χ2n) is 9.66. The third kappa shape index (κ3) is 5.63. The average molecular weight is 726 g/mol. The van der Waals surface area contributed by atoms with Gasteiger partial charge in [0.2, 0.25) is 6.23 Å². The van der Waals surface area contributed by atoms with E-state index in [9.17, 15) is 92.2 Å². The van der Waals surface area contributed by atoms with Crippen LogP contribution in [0.2, 0.25) is 0 Å². The molecule has 0 saturated heterocycles. The van der Waals surface area contributed by atoms with Crippen molar-refractivity contribution in [1.82, 2.24) is 0 Å². The van der Waals surface area contributed by atoms with Crippen LogP contribution in [0.15, 0.2) is 30.3 Å². The Morgan fingerprint density at radius 1 is 0.457 bits per heavy atom. The summed E-state index contributed by atoms with van der Waals surface area (Å²) in [5.41, 5.74) is -0.581. The summed E-state index contributed by atoms with van der Waals surface area (Å²) in [6.45, 7) is 2.38. The van der Waals surface area contributed by atoms with Gasteiger partial charge in [-0.1, -0.05) is 30.3 Å². The first-order valence-corrected chi connectivity index (χ1v) is 12.2. The lowest BCUT2D eigenvalue weighted by molar-refractivity contribution is -0.978. The number of halogens is 21. The van der Waals surface area contributed by atoms with Crippen molar-refractivity contribution in [2.24, 2.45) is 0 Å². The van der Waals surface area contributed by atoms with Gasteiger partial charge in [0.1, 0.15) is 0 Å². The zero-order chi connectivity index (χ0) is 37.0. The van der Waals surface area contributed by atoms with E-state index in [-0.39, 0.29) is 0 Å². The van der Waals surface area contributed by atoms with Crippen LogP contribution in [0.25, 0.3) is 0 Å². The van der Waals surface area contributed by atoms with E-state index < -0.39 is 95.6 Å². The van der Waals surface area contributed by atoms with E-state index in [1.54, 1.807) is 0 Å². The van der Waals surface area contributed by atoms with E-state index in [0.29, 0.717) is 0 Å². The summed E-state index contributed by atoms with van der Waals surface area (Å²) in [4.78, 5) is 0. The summed E-state index contributed by atoms with van der Waals surface area (Å²) in [6.07, 6.45) is -17.8. The van der Waals surface area contributed by atoms with E-state index in [1.165, 1.54) is 26.8 Å². The molecule has 0 N–H and O–H groups in total. The van der Waals surface area contributed by atoms with Gasteiger partial charge in [0.15, 0.2) is 0 Å². The average Bonchev–Trinajstić information content (AvgIpc) is 2.92. The third-order valence-electron chi connectivity index (χ3n) is 7.21. The molecule has 1 atom stereocenters. The molecule has 1 aromatic rings. The molecule has 0 radical (unpaired) electrons. The second-order valence-corrected chi connectivity index (χ2v) is 9.66. The van der Waals surface area contributed by atoms with Crippen LogP contribution in [0.3, 0.4) is 0 Å². The van der Waals surface area contributed by atoms with Gasteiger partial charge in [0.25, 0.3) is 0 Å². The molecule has 0 aromatic heterocycles. The lowest BCUT2D eigenvalue weighted by atomic mass is 9.87. The Balaban J connectivity index is 3.88. The molecular weight excluding hydrogens is 705 g/mol. The predicted molar refractivity (Wildman–Crippen MR) is 113 cm³/mol. The van der Waals surface area contributed by atoms with E-state index >= 15 is 0 Å². The highest BCUT2D eigenvalue weighted by Gasteiger charge is 2.98. The number of alkyl halides is 21. The highest BCUT2D eigenvalue weighted by Crippen LogP contribution is 2.66. The number of rotatable bonds is 15. The van der Waals surface area contributed by atoms with Crippen LogP contribution in [0.1, 0.15) is 32.6 Å². The minimum absolute atomic E-state index is 0.392. The van der Waals surface area contributed by atoms with Gasteiger partial charge in [-0.2, -0.15) is 92.2 Å². The maximum Gasteiger partial charge on any atom is 0.460 e. The van der Waals surface area contributed by atoms with E-state index in [1.807, 2.05) is 0 Å². The molecule has 0 fully saturated rings. The number of ether oxygens (including phenoxy) is 1. The highest BCUT2D eigenvalue weighted by molar-refractivity contribution is 5.19. The smallest absolute Gasteiger partial charge is 0.295 e. The molecule has 1 unspecified atom stereocenters. The minimum Gasteiger partial charge on any atom is -0.295 e. The Labute approximate surface area is 244 Å². The molecule has 0 aliphatic heterocycles. The first-order valence-electron chi connectivity index (χ1n) is 12.2. The number of nitrogens with zero attached hydrogens (tertiary/aromatic N) is 1. The summed E-state index contributed by atoms with van der Waals surface area (Å²) in [5.74, 6) is -70.9. The van der Waals surface area contributed by atoms with Crippen molar-refractivity contribution in [2.45, 2.75) is 86.7 Å². The molecule has 0 heterocycles. The zero-order valence-electron chi connectivity index (χ0n) is 22.9. The van der Waals surface area contributed by atoms with Gasteiger partial charge in [0, 0.05) is 5.56 Å². The van der Waals surface area contributed by atoms with Crippen molar-refractivity contribution in [3.8, 4) is 0 Å². The Hall–Kier alpha value is -2.33. The quantitative estimate of drug-likeness (QED) is 0.0994. The van der Waals surface area contributed by atoms with Gasteiger partial charge in [-0.25, -0.2) is 0 Å². The Bertz CT molecular complexity index is 1170. The van der Waals surface area contributed by atoms with Crippen LogP contribution < -0.4 is 0 Å². The highest BCUT2D eigenvalue weighted by atomic mass is 19.4. The molecule has 0 saturated carbocycles. The van der Waals surface area contributed by atoms with E-state index in [4.69, 9.17) is 0 Å². The van der Waals surface area contributed by atoms with Crippen LogP contribution in [-0.4, -0.2) is 83.8 Å². The molecule has 1 aromatic carbocycles. The third-order valence-corrected chi connectivity index (χ3v) is 7.21. The SMILES string of the molecule is CC[N+](CC)(CC)C(OC(F)(F)C(F)(F)C(F)(F)C(F)(F)C(F)(F)C(F)(F)C(F)(F)C(F)(F)C(F)(F)C(F)(F)F)c1ccccc1. The van der Waals surface area contributed by atoms with Crippen LogP contribution in [0.5, 0.6) is 0 Å². The maximum atomic E-state index is 14.8. The normalized spacial score (nSPS) is 16.5. The van der Waals surface area contributed by atoms with Gasteiger partial charge in [0.05, 0.1) is 19.6 Å². The predicted octanol–water partition coefficient (Wildman–Crippen LogP) is 9.82. The van der Waals surface area contributed by atoms with Gasteiger partial charge in [-0.3, -0.25) is 9.22 Å². The Morgan fingerprint density at radius 2 is 0.739 bits per heavy atom. The van der Waals surface area contributed by atoms with E-state index in [2.05, 4.69) is 4.74 Å².